The van der Waals surface area contributed by atoms with Crippen molar-refractivity contribution in [2.75, 3.05) is 7.05 Å². The maximum atomic E-state index is 13.5. The molecule has 3 fully saturated rings. The van der Waals surface area contributed by atoms with Crippen LogP contribution in [-0.4, -0.2) is 29.7 Å². The number of aryl methyl sites for hydroxylation is 1. The number of carbonyl (C=O) groups is 2. The van der Waals surface area contributed by atoms with Crippen LogP contribution >= 0.6 is 0 Å². The number of hydrogen-bond acceptors (Lipinski definition) is 2. The van der Waals surface area contributed by atoms with E-state index in [0.717, 1.165) is 24.8 Å². The van der Waals surface area contributed by atoms with Gasteiger partial charge in [-0.25, -0.2) is 0 Å². The maximum Gasteiger partial charge on any atom is 0.246 e. The Morgan fingerprint density at radius 2 is 1.73 bits per heavy atom. The predicted octanol–water partition coefficient (Wildman–Crippen LogP) is 5.43. The summed E-state index contributed by atoms with van der Waals surface area (Å²) in [4.78, 5) is 27.7. The van der Waals surface area contributed by atoms with E-state index in [4.69, 9.17) is 0 Å². The topological polar surface area (TPSA) is 37.4 Å². The fourth-order valence-electron chi connectivity index (χ4n) is 8.09. The molecule has 5 rings (SSSR count). The van der Waals surface area contributed by atoms with Gasteiger partial charge in [0.15, 0.2) is 5.78 Å². The molecule has 0 spiro atoms. The Labute approximate surface area is 180 Å². The van der Waals surface area contributed by atoms with Crippen LogP contribution in [0.25, 0.3) is 0 Å². The molecular weight excluding hydrogens is 370 g/mol. The number of rotatable bonds is 2. The zero-order valence-electron chi connectivity index (χ0n) is 18.9. The molecule has 3 nitrogen and oxygen atoms in total. The number of benzene rings is 1. The van der Waals surface area contributed by atoms with E-state index in [1.807, 2.05) is 30.2 Å². The Kier molecular flexibility index (Phi) is 4.54. The van der Waals surface area contributed by atoms with E-state index < -0.39 is 0 Å². The first-order chi connectivity index (χ1) is 14.3. The van der Waals surface area contributed by atoms with Gasteiger partial charge in [-0.15, -0.1) is 0 Å². The van der Waals surface area contributed by atoms with Crippen LogP contribution in [0.15, 0.2) is 36.4 Å². The maximum absolute atomic E-state index is 13.5. The minimum atomic E-state index is 0.0754. The molecule has 3 saturated carbocycles. The van der Waals surface area contributed by atoms with Crippen molar-refractivity contribution in [2.45, 2.75) is 65.3 Å². The molecule has 0 N–H and O–H groups in total. The molecule has 160 valence electrons. The van der Waals surface area contributed by atoms with E-state index in [2.05, 4.69) is 39.0 Å². The van der Waals surface area contributed by atoms with Crippen LogP contribution in [0.2, 0.25) is 0 Å². The van der Waals surface area contributed by atoms with Crippen molar-refractivity contribution in [3.8, 4) is 0 Å². The Morgan fingerprint density at radius 1 is 1.00 bits per heavy atom. The quantitative estimate of drug-likeness (QED) is 0.615. The third-order valence-corrected chi connectivity index (χ3v) is 9.78. The second kappa shape index (κ2) is 6.80. The van der Waals surface area contributed by atoms with E-state index >= 15 is 0 Å². The summed E-state index contributed by atoms with van der Waals surface area (Å²) in [5, 5.41) is 0. The van der Waals surface area contributed by atoms with E-state index in [-0.39, 0.29) is 22.7 Å². The van der Waals surface area contributed by atoms with Gasteiger partial charge in [-0.1, -0.05) is 49.8 Å². The molecule has 3 heteroatoms. The van der Waals surface area contributed by atoms with Crippen molar-refractivity contribution in [1.29, 1.82) is 0 Å². The fourth-order valence-corrected chi connectivity index (χ4v) is 8.09. The van der Waals surface area contributed by atoms with Gasteiger partial charge in [0.2, 0.25) is 5.91 Å². The number of carbonyl (C=O) groups excluding carboxylic acids is 2. The van der Waals surface area contributed by atoms with E-state index in [0.29, 0.717) is 29.6 Å². The Hall–Kier alpha value is -1.90. The summed E-state index contributed by atoms with van der Waals surface area (Å²) in [7, 11) is 1.98. The molecule has 0 radical (unpaired) electrons. The summed E-state index contributed by atoms with van der Waals surface area (Å²) in [6.07, 6.45) is 10.9. The Morgan fingerprint density at radius 3 is 2.47 bits per heavy atom. The van der Waals surface area contributed by atoms with Gasteiger partial charge in [-0.05, 0) is 74.7 Å². The van der Waals surface area contributed by atoms with Gasteiger partial charge >= 0.3 is 0 Å². The molecule has 4 aliphatic rings. The lowest BCUT2D eigenvalue weighted by Gasteiger charge is -2.60. The minimum Gasteiger partial charge on any atom is -0.338 e. The molecule has 1 aromatic carbocycles. The van der Waals surface area contributed by atoms with Gasteiger partial charge in [0.25, 0.3) is 0 Å². The molecule has 1 heterocycles. The number of hydrogen-bond donors (Lipinski definition) is 0. The smallest absolute Gasteiger partial charge is 0.246 e. The van der Waals surface area contributed by atoms with E-state index in [1.54, 1.807) is 0 Å². The predicted molar refractivity (Wildman–Crippen MR) is 119 cm³/mol. The number of ketones is 1. The fraction of sp³-hybridized carbons (Fsp3) is 0.630. The summed E-state index contributed by atoms with van der Waals surface area (Å²) in [5.74, 6) is 2.59. The zero-order chi connectivity index (χ0) is 21.3. The molecule has 0 saturated heterocycles. The number of likely N-dealkylation sites (N-methyl/N-ethyl adjacent to an activating group) is 1. The lowest BCUT2D eigenvalue weighted by atomic mass is 9.47. The van der Waals surface area contributed by atoms with Crippen LogP contribution in [0, 0.1) is 41.4 Å². The van der Waals surface area contributed by atoms with Crippen LogP contribution in [0.3, 0.4) is 0 Å². The van der Waals surface area contributed by atoms with Crippen molar-refractivity contribution >= 4 is 11.7 Å². The molecule has 7 atom stereocenters. The minimum absolute atomic E-state index is 0.0754. The van der Waals surface area contributed by atoms with Gasteiger partial charge in [0.1, 0.15) is 0 Å². The molecule has 3 aliphatic carbocycles. The second-order valence-corrected chi connectivity index (χ2v) is 11.0. The molecule has 2 unspecified atom stereocenters. The highest BCUT2D eigenvalue weighted by Crippen LogP contribution is 2.65. The van der Waals surface area contributed by atoms with Gasteiger partial charge in [-0.2, -0.15) is 0 Å². The summed E-state index contributed by atoms with van der Waals surface area (Å²) >= 11 is 0. The van der Waals surface area contributed by atoms with Crippen molar-refractivity contribution in [1.82, 2.24) is 4.90 Å². The van der Waals surface area contributed by atoms with Crippen molar-refractivity contribution in [3.63, 3.8) is 0 Å². The number of fused-ring (bicyclic) bond motifs is 5. The highest BCUT2D eigenvalue weighted by atomic mass is 16.2. The first-order valence-electron chi connectivity index (χ1n) is 11.8. The summed E-state index contributed by atoms with van der Waals surface area (Å²) in [5.41, 5.74) is 2.29. The van der Waals surface area contributed by atoms with Gasteiger partial charge in [0, 0.05) is 30.0 Å². The van der Waals surface area contributed by atoms with Crippen LogP contribution in [-0.2, 0) is 4.79 Å². The van der Waals surface area contributed by atoms with Crippen molar-refractivity contribution in [2.24, 2.45) is 34.5 Å². The van der Waals surface area contributed by atoms with Gasteiger partial charge < -0.3 is 4.90 Å². The SMILES string of the molecule is Cc1ccc(C(=O)C2CC[C@H]3[C@@H]4CCC5N(C)C(=O)C=C[C@]5(C)[C@@H]4CC[C@]23C)cc1. The summed E-state index contributed by atoms with van der Waals surface area (Å²) < 4.78 is 0. The molecule has 1 aliphatic heterocycles. The van der Waals surface area contributed by atoms with Crippen LogP contribution in [0.5, 0.6) is 0 Å². The van der Waals surface area contributed by atoms with Gasteiger partial charge in [-0.3, -0.25) is 9.59 Å². The highest BCUT2D eigenvalue weighted by molar-refractivity contribution is 5.98. The first kappa shape index (κ1) is 20.0. The number of nitrogens with zero attached hydrogens (tertiary/aromatic N) is 1. The van der Waals surface area contributed by atoms with Crippen LogP contribution in [0.4, 0.5) is 0 Å². The summed E-state index contributed by atoms with van der Waals surface area (Å²) in [6.45, 7) is 6.88. The lowest BCUT2D eigenvalue weighted by Crippen LogP contribution is -2.59. The molecule has 30 heavy (non-hydrogen) atoms. The largest absolute Gasteiger partial charge is 0.338 e. The molecule has 1 aromatic rings. The monoisotopic (exact) mass is 405 g/mol. The highest BCUT2D eigenvalue weighted by Gasteiger charge is 2.61. The standard InChI is InChI=1S/C27H35NO2/c1-17-5-7-18(8-6-17)25(30)22-11-10-20-19-9-12-23-27(3,16-14-24(29)28(23)4)21(19)13-15-26(20,22)2/h5-8,14,16,19-23H,9-13,15H2,1-4H3/t19-,20-,21+,22?,23?,26-,27+/m0/s1. The third kappa shape index (κ3) is 2.70. The normalized spacial score (nSPS) is 42.5. The number of amides is 1. The van der Waals surface area contributed by atoms with Crippen molar-refractivity contribution in [3.05, 3.63) is 47.5 Å². The molecule has 0 bridgehead atoms. The average Bonchev–Trinajstić information content (AvgIpc) is 3.08. The third-order valence-electron chi connectivity index (χ3n) is 9.78. The van der Waals surface area contributed by atoms with Crippen LogP contribution in [0.1, 0.15) is 68.3 Å². The van der Waals surface area contributed by atoms with E-state index in [1.165, 1.54) is 24.8 Å². The summed E-state index contributed by atoms with van der Waals surface area (Å²) in [6, 6.07) is 8.49. The van der Waals surface area contributed by atoms with Crippen LogP contribution < -0.4 is 0 Å². The molecular formula is C27H35NO2. The second-order valence-electron chi connectivity index (χ2n) is 11.0. The van der Waals surface area contributed by atoms with Crippen molar-refractivity contribution < 1.29 is 9.59 Å². The zero-order valence-corrected chi connectivity index (χ0v) is 18.9. The Bertz CT molecular complexity index is 902. The lowest BCUT2D eigenvalue weighted by molar-refractivity contribution is -0.138. The first-order valence-corrected chi connectivity index (χ1v) is 11.8. The molecule has 0 aromatic heterocycles. The molecule has 1 amide bonds. The van der Waals surface area contributed by atoms with E-state index in [9.17, 15) is 9.59 Å². The average molecular weight is 406 g/mol. The van der Waals surface area contributed by atoms with Gasteiger partial charge in [0.05, 0.1) is 0 Å². The Balaban J connectivity index is 1.43. The number of Topliss-reactive ketones (excluding diaryl/α,β-unsaturated/α-hetero) is 1.